The summed E-state index contributed by atoms with van der Waals surface area (Å²) in [5.74, 6) is 0.623. The van der Waals surface area contributed by atoms with Crippen LogP contribution in [0, 0.1) is 6.92 Å². The van der Waals surface area contributed by atoms with Gasteiger partial charge in [-0.05, 0) is 6.92 Å². The van der Waals surface area contributed by atoms with E-state index in [0.29, 0.717) is 5.82 Å². The van der Waals surface area contributed by atoms with Crippen molar-refractivity contribution in [3.63, 3.8) is 0 Å². The lowest BCUT2D eigenvalue weighted by atomic mass is 10.5. The van der Waals surface area contributed by atoms with Crippen LogP contribution < -0.4 is 5.56 Å². The molecule has 10 heavy (non-hydrogen) atoms. The van der Waals surface area contributed by atoms with Crippen LogP contribution in [0.5, 0.6) is 0 Å². The van der Waals surface area contributed by atoms with Crippen LogP contribution in [-0.2, 0) is 7.05 Å². The van der Waals surface area contributed by atoms with Gasteiger partial charge in [0.2, 0.25) is 0 Å². The molecular weight excluding hydrogens is 152 g/mol. The van der Waals surface area contributed by atoms with Crippen molar-refractivity contribution in [1.29, 1.82) is 0 Å². The molecule has 0 amide bonds. The normalized spacial score (nSPS) is 9.90. The minimum atomic E-state index is -0.127. The lowest BCUT2D eigenvalue weighted by Crippen LogP contribution is -2.18. The van der Waals surface area contributed by atoms with E-state index in [1.54, 1.807) is 14.0 Å². The Labute approximate surface area is 63.3 Å². The Morgan fingerprint density at radius 2 is 2.30 bits per heavy atom. The van der Waals surface area contributed by atoms with E-state index in [-0.39, 0.29) is 10.7 Å². The van der Waals surface area contributed by atoms with E-state index in [1.165, 1.54) is 10.6 Å². The fourth-order valence-electron chi connectivity index (χ4n) is 0.620. The molecule has 0 atom stereocenters. The standard InChI is InChI=1S/C6H7ClN2O/c1-4-8-5(7)3-6(10)9(4)2/h3H,1-2H3. The van der Waals surface area contributed by atoms with Gasteiger partial charge in [0.1, 0.15) is 11.0 Å². The highest BCUT2D eigenvalue weighted by molar-refractivity contribution is 6.29. The van der Waals surface area contributed by atoms with Crippen LogP contribution in [0.1, 0.15) is 5.82 Å². The van der Waals surface area contributed by atoms with Crippen LogP contribution in [-0.4, -0.2) is 9.55 Å². The lowest BCUT2D eigenvalue weighted by molar-refractivity contribution is 0.775. The molecule has 0 saturated carbocycles. The fourth-order valence-corrected chi connectivity index (χ4v) is 0.836. The number of hydrogen-bond donors (Lipinski definition) is 0. The van der Waals surface area contributed by atoms with E-state index in [4.69, 9.17) is 11.6 Å². The third kappa shape index (κ3) is 1.19. The SMILES string of the molecule is Cc1nc(Cl)cc(=O)n1C. The monoisotopic (exact) mass is 158 g/mol. The zero-order chi connectivity index (χ0) is 7.72. The van der Waals surface area contributed by atoms with Gasteiger partial charge in [-0.15, -0.1) is 0 Å². The second kappa shape index (κ2) is 2.42. The predicted molar refractivity (Wildman–Crippen MR) is 39.2 cm³/mol. The summed E-state index contributed by atoms with van der Waals surface area (Å²) in [6, 6.07) is 1.29. The van der Waals surface area contributed by atoms with E-state index in [2.05, 4.69) is 4.98 Å². The third-order valence-electron chi connectivity index (χ3n) is 1.33. The molecule has 0 aliphatic heterocycles. The van der Waals surface area contributed by atoms with Crippen LogP contribution in [0.2, 0.25) is 5.15 Å². The van der Waals surface area contributed by atoms with Gasteiger partial charge in [-0.3, -0.25) is 9.36 Å². The maximum Gasteiger partial charge on any atom is 0.254 e. The van der Waals surface area contributed by atoms with Crippen LogP contribution >= 0.6 is 11.6 Å². The third-order valence-corrected chi connectivity index (χ3v) is 1.52. The summed E-state index contributed by atoms with van der Waals surface area (Å²) >= 11 is 5.50. The number of halogens is 1. The molecule has 0 fully saturated rings. The van der Waals surface area contributed by atoms with Gasteiger partial charge in [-0.2, -0.15) is 0 Å². The molecule has 54 valence electrons. The molecule has 0 aliphatic carbocycles. The van der Waals surface area contributed by atoms with E-state index >= 15 is 0 Å². The Morgan fingerprint density at radius 3 is 2.80 bits per heavy atom. The predicted octanol–water partition coefficient (Wildman–Crippen LogP) is 0.742. The van der Waals surface area contributed by atoms with Crippen molar-refractivity contribution < 1.29 is 0 Å². The van der Waals surface area contributed by atoms with E-state index in [1.807, 2.05) is 0 Å². The van der Waals surface area contributed by atoms with Gasteiger partial charge in [-0.1, -0.05) is 11.6 Å². The van der Waals surface area contributed by atoms with Crippen LogP contribution in [0.3, 0.4) is 0 Å². The van der Waals surface area contributed by atoms with Gasteiger partial charge in [0, 0.05) is 13.1 Å². The summed E-state index contributed by atoms with van der Waals surface area (Å²) in [6.45, 7) is 1.73. The highest BCUT2D eigenvalue weighted by Gasteiger charge is 1.96. The van der Waals surface area contributed by atoms with E-state index in [0.717, 1.165) is 0 Å². The van der Waals surface area contributed by atoms with Gasteiger partial charge in [0.05, 0.1) is 0 Å². The van der Waals surface area contributed by atoms with E-state index in [9.17, 15) is 4.79 Å². The average Bonchev–Trinajstić information content (AvgIpc) is 1.82. The Balaban J connectivity index is 3.46. The molecule has 4 heteroatoms. The molecule has 0 aromatic carbocycles. The second-order valence-corrected chi connectivity index (χ2v) is 2.41. The van der Waals surface area contributed by atoms with Crippen LogP contribution in [0.15, 0.2) is 10.9 Å². The lowest BCUT2D eigenvalue weighted by Gasteiger charge is -1.99. The van der Waals surface area contributed by atoms with Crippen molar-refractivity contribution in [2.45, 2.75) is 6.92 Å². The van der Waals surface area contributed by atoms with Gasteiger partial charge in [-0.25, -0.2) is 4.98 Å². The van der Waals surface area contributed by atoms with Crippen molar-refractivity contribution in [1.82, 2.24) is 9.55 Å². The fraction of sp³-hybridized carbons (Fsp3) is 0.333. The first kappa shape index (κ1) is 7.28. The van der Waals surface area contributed by atoms with Gasteiger partial charge in [0.15, 0.2) is 0 Å². The Bertz CT molecular complexity index is 305. The molecule has 3 nitrogen and oxygen atoms in total. The first-order chi connectivity index (χ1) is 4.61. The van der Waals surface area contributed by atoms with Crippen LogP contribution in [0.4, 0.5) is 0 Å². The molecule has 1 rings (SSSR count). The van der Waals surface area contributed by atoms with Gasteiger partial charge >= 0.3 is 0 Å². The molecule has 0 bridgehead atoms. The summed E-state index contributed by atoms with van der Waals surface area (Å²) in [5, 5.41) is 0.251. The number of nitrogens with zero attached hydrogens (tertiary/aromatic N) is 2. The first-order valence-electron chi connectivity index (χ1n) is 2.81. The molecule has 0 N–H and O–H groups in total. The smallest absolute Gasteiger partial charge is 0.254 e. The second-order valence-electron chi connectivity index (χ2n) is 2.02. The summed E-state index contributed by atoms with van der Waals surface area (Å²) < 4.78 is 1.44. The molecule has 0 spiro atoms. The summed E-state index contributed by atoms with van der Waals surface area (Å²) in [5.41, 5.74) is -0.127. The summed E-state index contributed by atoms with van der Waals surface area (Å²) in [7, 11) is 1.65. The molecule has 0 saturated heterocycles. The summed E-state index contributed by atoms with van der Waals surface area (Å²) in [4.78, 5) is 14.8. The number of aryl methyl sites for hydroxylation is 1. The highest BCUT2D eigenvalue weighted by atomic mass is 35.5. The number of aromatic nitrogens is 2. The number of hydrogen-bond acceptors (Lipinski definition) is 2. The van der Waals surface area contributed by atoms with Crippen molar-refractivity contribution in [3.8, 4) is 0 Å². The van der Waals surface area contributed by atoms with Gasteiger partial charge in [0.25, 0.3) is 5.56 Å². The maximum atomic E-state index is 10.9. The molecule has 0 aliphatic rings. The molecule has 1 aromatic rings. The highest BCUT2D eigenvalue weighted by Crippen LogP contribution is 1.98. The van der Waals surface area contributed by atoms with Crippen molar-refractivity contribution in [2.24, 2.45) is 7.05 Å². The molecular formula is C6H7ClN2O. The summed E-state index contributed by atoms with van der Waals surface area (Å²) in [6.07, 6.45) is 0. The Hall–Kier alpha value is -0.830. The molecule has 0 radical (unpaired) electrons. The van der Waals surface area contributed by atoms with Crippen molar-refractivity contribution in [2.75, 3.05) is 0 Å². The van der Waals surface area contributed by atoms with Crippen molar-refractivity contribution in [3.05, 3.63) is 27.4 Å². The first-order valence-corrected chi connectivity index (χ1v) is 3.19. The minimum absolute atomic E-state index is 0.127. The molecule has 1 aromatic heterocycles. The Kier molecular flexibility index (Phi) is 1.76. The Morgan fingerprint density at radius 1 is 1.70 bits per heavy atom. The number of rotatable bonds is 0. The van der Waals surface area contributed by atoms with Gasteiger partial charge < -0.3 is 0 Å². The minimum Gasteiger partial charge on any atom is -0.300 e. The largest absolute Gasteiger partial charge is 0.300 e. The average molecular weight is 159 g/mol. The molecule has 1 heterocycles. The quantitative estimate of drug-likeness (QED) is 0.522. The zero-order valence-electron chi connectivity index (χ0n) is 5.76. The zero-order valence-corrected chi connectivity index (χ0v) is 6.51. The molecule has 0 unspecified atom stereocenters. The van der Waals surface area contributed by atoms with E-state index < -0.39 is 0 Å². The van der Waals surface area contributed by atoms with Crippen molar-refractivity contribution >= 4 is 11.6 Å². The van der Waals surface area contributed by atoms with Crippen LogP contribution in [0.25, 0.3) is 0 Å². The topological polar surface area (TPSA) is 34.9 Å². The maximum absolute atomic E-state index is 10.9.